The summed E-state index contributed by atoms with van der Waals surface area (Å²) in [6, 6.07) is 8.07. The van der Waals surface area contributed by atoms with E-state index < -0.39 is 6.04 Å². The molecule has 106 valence electrons. The van der Waals surface area contributed by atoms with Crippen molar-refractivity contribution in [2.24, 2.45) is 11.7 Å². The second-order valence-corrected chi connectivity index (χ2v) is 5.42. The third-order valence-corrected chi connectivity index (χ3v) is 3.71. The van der Waals surface area contributed by atoms with Crippen LogP contribution in [0, 0.1) is 5.92 Å². The molecule has 0 aliphatic heterocycles. The van der Waals surface area contributed by atoms with E-state index in [9.17, 15) is 4.79 Å². The Kier molecular flexibility index (Phi) is 5.83. The van der Waals surface area contributed by atoms with Gasteiger partial charge < -0.3 is 11.1 Å². The van der Waals surface area contributed by atoms with Crippen molar-refractivity contribution in [3.05, 3.63) is 35.4 Å². The van der Waals surface area contributed by atoms with Gasteiger partial charge in [-0.3, -0.25) is 4.79 Å². The van der Waals surface area contributed by atoms with Crippen molar-refractivity contribution < 1.29 is 4.79 Å². The molecule has 3 N–H and O–H groups in total. The molecule has 3 nitrogen and oxygen atoms in total. The molecule has 0 saturated carbocycles. The number of rotatable bonds is 3. The van der Waals surface area contributed by atoms with Gasteiger partial charge in [-0.15, -0.1) is 12.4 Å². The topological polar surface area (TPSA) is 55.1 Å². The van der Waals surface area contributed by atoms with Crippen LogP contribution in [-0.2, 0) is 11.2 Å². The van der Waals surface area contributed by atoms with Crippen molar-refractivity contribution in [2.75, 3.05) is 0 Å². The van der Waals surface area contributed by atoms with Crippen molar-refractivity contribution in [1.82, 2.24) is 5.32 Å². The first kappa shape index (κ1) is 16.0. The van der Waals surface area contributed by atoms with Crippen molar-refractivity contribution >= 4 is 18.3 Å². The lowest BCUT2D eigenvalue weighted by atomic mass is 9.87. The zero-order chi connectivity index (χ0) is 13.1. The highest BCUT2D eigenvalue weighted by Crippen LogP contribution is 2.29. The molecule has 0 aromatic heterocycles. The highest BCUT2D eigenvalue weighted by molar-refractivity contribution is 5.85. The number of aryl methyl sites for hydroxylation is 1. The van der Waals surface area contributed by atoms with Gasteiger partial charge in [0.1, 0.15) is 0 Å². The normalized spacial score (nSPS) is 19.3. The van der Waals surface area contributed by atoms with Gasteiger partial charge in [-0.05, 0) is 36.3 Å². The van der Waals surface area contributed by atoms with Gasteiger partial charge in [0.25, 0.3) is 0 Å². The average molecular weight is 283 g/mol. The Balaban J connectivity index is 0.00000180. The van der Waals surface area contributed by atoms with Crippen LogP contribution in [0.2, 0.25) is 0 Å². The molecule has 1 aliphatic carbocycles. The van der Waals surface area contributed by atoms with Crippen LogP contribution in [0.1, 0.15) is 43.9 Å². The van der Waals surface area contributed by atoms with Crippen LogP contribution in [0.4, 0.5) is 0 Å². The third kappa shape index (κ3) is 3.71. The van der Waals surface area contributed by atoms with Gasteiger partial charge in [0.2, 0.25) is 5.91 Å². The number of hydrogen-bond donors (Lipinski definition) is 2. The van der Waals surface area contributed by atoms with Gasteiger partial charge in [0.15, 0.2) is 0 Å². The van der Waals surface area contributed by atoms with Gasteiger partial charge >= 0.3 is 0 Å². The van der Waals surface area contributed by atoms with Gasteiger partial charge in [0.05, 0.1) is 12.1 Å². The zero-order valence-corrected chi connectivity index (χ0v) is 12.4. The lowest BCUT2D eigenvalue weighted by Crippen LogP contribution is -2.45. The number of amides is 1. The summed E-state index contributed by atoms with van der Waals surface area (Å²) in [5, 5.41) is 3.09. The maximum atomic E-state index is 12.0. The van der Waals surface area contributed by atoms with E-state index in [1.807, 2.05) is 19.9 Å². The molecule has 0 spiro atoms. The van der Waals surface area contributed by atoms with Gasteiger partial charge in [-0.25, -0.2) is 0 Å². The summed E-state index contributed by atoms with van der Waals surface area (Å²) in [6.45, 7) is 3.94. The number of carbonyl (C=O) groups is 1. The monoisotopic (exact) mass is 282 g/mol. The minimum absolute atomic E-state index is 0. The summed E-state index contributed by atoms with van der Waals surface area (Å²) in [4.78, 5) is 12.0. The van der Waals surface area contributed by atoms with E-state index >= 15 is 0 Å². The highest BCUT2D eigenvalue weighted by atomic mass is 35.5. The number of halogens is 1. The quantitative estimate of drug-likeness (QED) is 0.895. The molecule has 2 rings (SSSR count). The molecule has 0 saturated heterocycles. The molecule has 1 unspecified atom stereocenters. The van der Waals surface area contributed by atoms with Crippen LogP contribution in [0.15, 0.2) is 24.3 Å². The van der Waals surface area contributed by atoms with E-state index in [0.29, 0.717) is 0 Å². The molecule has 2 atom stereocenters. The van der Waals surface area contributed by atoms with E-state index in [2.05, 4.69) is 23.5 Å². The summed E-state index contributed by atoms with van der Waals surface area (Å²) < 4.78 is 0. The molecule has 1 amide bonds. The Morgan fingerprint density at radius 3 is 2.74 bits per heavy atom. The predicted octanol–water partition coefficient (Wildman–Crippen LogP) is 2.59. The summed E-state index contributed by atoms with van der Waals surface area (Å²) in [7, 11) is 0. The Labute approximate surface area is 121 Å². The maximum Gasteiger partial charge on any atom is 0.237 e. The predicted molar refractivity (Wildman–Crippen MR) is 80.3 cm³/mol. The minimum Gasteiger partial charge on any atom is -0.348 e. The number of carbonyl (C=O) groups excluding carboxylic acids is 1. The van der Waals surface area contributed by atoms with E-state index in [-0.39, 0.29) is 30.3 Å². The SMILES string of the molecule is CC(C)[C@@H](N)C(=O)NC1CCCc2ccccc21.Cl. The number of hydrogen-bond acceptors (Lipinski definition) is 2. The Morgan fingerprint density at radius 1 is 1.37 bits per heavy atom. The molecule has 0 fully saturated rings. The van der Waals surface area contributed by atoms with Crippen molar-refractivity contribution in [1.29, 1.82) is 0 Å². The Bertz CT molecular complexity index is 434. The van der Waals surface area contributed by atoms with Crippen LogP contribution in [0.5, 0.6) is 0 Å². The maximum absolute atomic E-state index is 12.0. The summed E-state index contributed by atoms with van der Waals surface area (Å²) in [5.74, 6) is 0.135. The molecule has 4 heteroatoms. The minimum atomic E-state index is -0.418. The van der Waals surface area contributed by atoms with Crippen molar-refractivity contribution in [2.45, 2.75) is 45.2 Å². The molecule has 19 heavy (non-hydrogen) atoms. The van der Waals surface area contributed by atoms with Crippen LogP contribution in [0.25, 0.3) is 0 Å². The van der Waals surface area contributed by atoms with Crippen LogP contribution < -0.4 is 11.1 Å². The van der Waals surface area contributed by atoms with Crippen LogP contribution in [-0.4, -0.2) is 11.9 Å². The first-order valence-electron chi connectivity index (χ1n) is 6.73. The molecule has 1 aromatic carbocycles. The molecule has 0 radical (unpaired) electrons. The van der Waals surface area contributed by atoms with Crippen LogP contribution >= 0.6 is 12.4 Å². The van der Waals surface area contributed by atoms with Crippen molar-refractivity contribution in [3.8, 4) is 0 Å². The highest BCUT2D eigenvalue weighted by Gasteiger charge is 2.24. The Morgan fingerprint density at radius 2 is 2.05 bits per heavy atom. The second kappa shape index (κ2) is 6.92. The second-order valence-electron chi connectivity index (χ2n) is 5.42. The van der Waals surface area contributed by atoms with E-state index in [0.717, 1.165) is 19.3 Å². The van der Waals surface area contributed by atoms with Gasteiger partial charge in [-0.2, -0.15) is 0 Å². The first-order chi connectivity index (χ1) is 8.59. The third-order valence-electron chi connectivity index (χ3n) is 3.71. The molecule has 0 bridgehead atoms. The zero-order valence-electron chi connectivity index (χ0n) is 11.6. The summed E-state index contributed by atoms with van der Waals surface area (Å²) in [6.07, 6.45) is 3.24. The van der Waals surface area contributed by atoms with E-state index in [1.54, 1.807) is 0 Å². The van der Waals surface area contributed by atoms with E-state index in [1.165, 1.54) is 11.1 Å². The lowest BCUT2D eigenvalue weighted by molar-refractivity contribution is -0.124. The smallest absolute Gasteiger partial charge is 0.237 e. The van der Waals surface area contributed by atoms with Crippen molar-refractivity contribution in [3.63, 3.8) is 0 Å². The molecular formula is C15H23ClN2O. The standard InChI is InChI=1S/C15H22N2O.ClH/c1-10(2)14(16)15(18)17-13-9-5-7-11-6-3-4-8-12(11)13;/h3-4,6,8,10,13-14H,5,7,9,16H2,1-2H3,(H,17,18);1H/t13?,14-;/m1./s1. The number of nitrogens with one attached hydrogen (secondary N) is 1. The molecule has 0 heterocycles. The summed E-state index contributed by atoms with van der Waals surface area (Å²) >= 11 is 0. The summed E-state index contributed by atoms with van der Waals surface area (Å²) in [5.41, 5.74) is 8.50. The molecule has 1 aromatic rings. The Hall–Kier alpha value is -1.06. The van der Waals surface area contributed by atoms with Crippen LogP contribution in [0.3, 0.4) is 0 Å². The lowest BCUT2D eigenvalue weighted by Gasteiger charge is -2.28. The molecular weight excluding hydrogens is 260 g/mol. The first-order valence-corrected chi connectivity index (χ1v) is 6.73. The fourth-order valence-corrected chi connectivity index (χ4v) is 2.47. The number of benzene rings is 1. The van der Waals surface area contributed by atoms with Gasteiger partial charge in [0, 0.05) is 0 Å². The van der Waals surface area contributed by atoms with Gasteiger partial charge in [-0.1, -0.05) is 38.1 Å². The molecule has 1 aliphatic rings. The number of nitrogens with two attached hydrogens (primary N) is 1. The fraction of sp³-hybridized carbons (Fsp3) is 0.533. The largest absolute Gasteiger partial charge is 0.348 e. The van der Waals surface area contributed by atoms with E-state index in [4.69, 9.17) is 5.73 Å². The average Bonchev–Trinajstić information content (AvgIpc) is 2.38. The fourth-order valence-electron chi connectivity index (χ4n) is 2.47. The number of fused-ring (bicyclic) bond motifs is 1.